The molecule has 0 heterocycles. The Balaban J connectivity index is 2.93. The first kappa shape index (κ1) is 13.4. The zero-order valence-corrected chi connectivity index (χ0v) is 10.4. The first-order valence-electron chi connectivity index (χ1n) is 4.89. The van der Waals surface area contributed by atoms with Crippen LogP contribution < -0.4 is 5.32 Å². The van der Waals surface area contributed by atoms with Crippen molar-refractivity contribution in [3.05, 3.63) is 29.8 Å². The molecular formula is C11H13NO4S. The van der Waals surface area contributed by atoms with Gasteiger partial charge in [-0.25, -0.2) is 8.42 Å². The maximum absolute atomic E-state index is 11.5. The molecule has 1 amide bonds. The molecule has 1 rings (SSSR count). The molecule has 0 radical (unpaired) electrons. The van der Waals surface area contributed by atoms with Crippen molar-refractivity contribution < 1.29 is 18.0 Å². The fourth-order valence-electron chi connectivity index (χ4n) is 1.31. The summed E-state index contributed by atoms with van der Waals surface area (Å²) in [6.45, 7) is 1.17. The number of benzene rings is 1. The molecule has 0 saturated heterocycles. The third kappa shape index (κ3) is 3.67. The summed E-state index contributed by atoms with van der Waals surface area (Å²) in [5, 5.41) is 2.36. The highest BCUT2D eigenvalue weighted by Gasteiger charge is 2.13. The highest BCUT2D eigenvalue weighted by Crippen LogP contribution is 2.14. The van der Waals surface area contributed by atoms with Crippen molar-refractivity contribution in [2.75, 3.05) is 6.26 Å². The van der Waals surface area contributed by atoms with Crippen molar-refractivity contribution in [1.29, 1.82) is 0 Å². The Kier molecular flexibility index (Phi) is 4.01. The Morgan fingerprint density at radius 3 is 2.35 bits per heavy atom. The van der Waals surface area contributed by atoms with Crippen LogP contribution in [0, 0.1) is 0 Å². The zero-order chi connectivity index (χ0) is 13.1. The highest BCUT2D eigenvalue weighted by atomic mass is 32.2. The third-order valence-electron chi connectivity index (χ3n) is 2.13. The molecule has 0 spiro atoms. The summed E-state index contributed by atoms with van der Waals surface area (Å²) in [4.78, 5) is 21.9. The van der Waals surface area contributed by atoms with E-state index in [0.717, 1.165) is 13.2 Å². The molecule has 17 heavy (non-hydrogen) atoms. The van der Waals surface area contributed by atoms with Crippen LogP contribution in [0.15, 0.2) is 29.2 Å². The Labute approximate surface area is 99.8 Å². The molecule has 0 saturated carbocycles. The van der Waals surface area contributed by atoms with Gasteiger partial charge in [-0.3, -0.25) is 9.59 Å². The Hall–Kier alpha value is -1.69. The maximum Gasteiger partial charge on any atom is 0.287 e. The minimum atomic E-state index is -3.34. The quantitative estimate of drug-likeness (QED) is 0.784. The van der Waals surface area contributed by atoms with Gasteiger partial charge in [-0.1, -0.05) is 18.2 Å². The van der Waals surface area contributed by atoms with Gasteiger partial charge in [0.1, 0.15) is 0 Å². The molecule has 1 N–H and O–H groups in total. The third-order valence-corrected chi connectivity index (χ3v) is 3.33. The number of hydrogen-bond donors (Lipinski definition) is 1. The monoisotopic (exact) mass is 255 g/mol. The van der Waals surface area contributed by atoms with Crippen LogP contribution >= 0.6 is 0 Å². The molecule has 5 nitrogen and oxygen atoms in total. The molecular weight excluding hydrogens is 242 g/mol. The molecule has 0 aliphatic rings. The van der Waals surface area contributed by atoms with Crippen molar-refractivity contribution in [3.63, 3.8) is 0 Å². The van der Waals surface area contributed by atoms with Crippen LogP contribution in [0.2, 0.25) is 0 Å². The van der Waals surface area contributed by atoms with Crippen LogP contribution in [0.1, 0.15) is 12.5 Å². The van der Waals surface area contributed by atoms with E-state index < -0.39 is 21.5 Å². The standard InChI is InChI=1S/C11H13NO4S/c1-8(13)11(14)12-7-9-5-3-4-6-10(9)17(2,15)16/h3-6H,7H2,1-2H3,(H,12,14). The summed E-state index contributed by atoms with van der Waals surface area (Å²) in [6.07, 6.45) is 1.10. The molecule has 0 aliphatic heterocycles. The van der Waals surface area contributed by atoms with Crippen LogP contribution in [-0.4, -0.2) is 26.4 Å². The van der Waals surface area contributed by atoms with Gasteiger partial charge in [0.2, 0.25) is 5.78 Å². The van der Waals surface area contributed by atoms with Crippen molar-refractivity contribution in [3.8, 4) is 0 Å². The number of hydrogen-bond acceptors (Lipinski definition) is 4. The lowest BCUT2D eigenvalue weighted by Crippen LogP contribution is -2.29. The number of sulfone groups is 1. The largest absolute Gasteiger partial charge is 0.345 e. The fraction of sp³-hybridized carbons (Fsp3) is 0.273. The van der Waals surface area contributed by atoms with Crippen LogP contribution in [0.25, 0.3) is 0 Å². The molecule has 0 bridgehead atoms. The van der Waals surface area contributed by atoms with Crippen molar-refractivity contribution >= 4 is 21.5 Å². The van der Waals surface area contributed by atoms with E-state index in [0.29, 0.717) is 5.56 Å². The second-order valence-corrected chi connectivity index (χ2v) is 5.60. The number of amides is 1. The van der Waals surface area contributed by atoms with E-state index in [4.69, 9.17) is 0 Å². The lowest BCUT2D eigenvalue weighted by molar-refractivity contribution is -0.136. The highest BCUT2D eigenvalue weighted by molar-refractivity contribution is 7.90. The van der Waals surface area contributed by atoms with Gasteiger partial charge in [0, 0.05) is 19.7 Å². The van der Waals surface area contributed by atoms with Gasteiger partial charge in [0.15, 0.2) is 9.84 Å². The first-order chi connectivity index (χ1) is 7.82. The SMILES string of the molecule is CC(=O)C(=O)NCc1ccccc1S(C)(=O)=O. The average molecular weight is 255 g/mol. The van der Waals surface area contributed by atoms with Gasteiger partial charge < -0.3 is 5.32 Å². The number of carbonyl (C=O) groups excluding carboxylic acids is 2. The topological polar surface area (TPSA) is 80.3 Å². The molecule has 0 aromatic heterocycles. The molecule has 1 aromatic carbocycles. The van der Waals surface area contributed by atoms with E-state index >= 15 is 0 Å². The van der Waals surface area contributed by atoms with E-state index in [1.165, 1.54) is 6.07 Å². The predicted molar refractivity (Wildman–Crippen MR) is 62.1 cm³/mol. The number of rotatable bonds is 4. The minimum Gasteiger partial charge on any atom is -0.345 e. The van der Waals surface area contributed by atoms with Crippen LogP contribution in [0.5, 0.6) is 0 Å². The number of Topliss-reactive ketones (excluding diaryl/α,β-unsaturated/α-hetero) is 1. The smallest absolute Gasteiger partial charge is 0.287 e. The summed E-state index contributed by atoms with van der Waals surface area (Å²) >= 11 is 0. The van der Waals surface area contributed by atoms with Gasteiger partial charge >= 0.3 is 0 Å². The van der Waals surface area contributed by atoms with E-state index in [1.54, 1.807) is 18.2 Å². The van der Waals surface area contributed by atoms with E-state index in [-0.39, 0.29) is 11.4 Å². The predicted octanol–water partition coefficient (Wildman–Crippen LogP) is 0.295. The Morgan fingerprint density at radius 1 is 1.24 bits per heavy atom. The summed E-state index contributed by atoms with van der Waals surface area (Å²) in [6, 6.07) is 6.33. The second-order valence-electron chi connectivity index (χ2n) is 3.62. The van der Waals surface area contributed by atoms with Crippen LogP contribution in [0.3, 0.4) is 0 Å². The van der Waals surface area contributed by atoms with Gasteiger partial charge in [0.05, 0.1) is 4.90 Å². The molecule has 0 aliphatic carbocycles. The summed E-state index contributed by atoms with van der Waals surface area (Å²) < 4.78 is 22.9. The minimum absolute atomic E-state index is 0.0155. The van der Waals surface area contributed by atoms with Gasteiger partial charge in [0.25, 0.3) is 5.91 Å². The molecule has 92 valence electrons. The molecule has 1 aromatic rings. The van der Waals surface area contributed by atoms with E-state index in [1.807, 2.05) is 0 Å². The lowest BCUT2D eigenvalue weighted by Gasteiger charge is -2.08. The Bertz CT molecular complexity index is 548. The summed E-state index contributed by atoms with van der Waals surface area (Å²) in [5.74, 6) is -1.34. The van der Waals surface area contributed by atoms with Gasteiger partial charge in [-0.15, -0.1) is 0 Å². The zero-order valence-electron chi connectivity index (χ0n) is 9.56. The Morgan fingerprint density at radius 2 is 1.82 bits per heavy atom. The van der Waals surface area contributed by atoms with Crippen LogP contribution in [-0.2, 0) is 26.0 Å². The van der Waals surface area contributed by atoms with E-state index in [9.17, 15) is 18.0 Å². The van der Waals surface area contributed by atoms with Gasteiger partial charge in [-0.05, 0) is 11.6 Å². The first-order valence-corrected chi connectivity index (χ1v) is 6.78. The number of nitrogens with one attached hydrogen (secondary N) is 1. The second kappa shape index (κ2) is 5.09. The lowest BCUT2D eigenvalue weighted by atomic mass is 10.2. The van der Waals surface area contributed by atoms with Crippen LogP contribution in [0.4, 0.5) is 0 Å². The molecule has 0 unspecified atom stereocenters. The van der Waals surface area contributed by atoms with Crippen molar-refractivity contribution in [2.45, 2.75) is 18.4 Å². The molecule has 0 atom stereocenters. The normalized spacial score (nSPS) is 10.9. The van der Waals surface area contributed by atoms with Crippen molar-refractivity contribution in [2.24, 2.45) is 0 Å². The average Bonchev–Trinajstić information content (AvgIpc) is 2.24. The number of ketones is 1. The van der Waals surface area contributed by atoms with E-state index in [2.05, 4.69) is 5.32 Å². The maximum atomic E-state index is 11.5. The molecule has 6 heteroatoms. The summed E-state index contributed by atoms with van der Waals surface area (Å²) in [5.41, 5.74) is 0.463. The fourth-order valence-corrected chi connectivity index (χ4v) is 2.25. The molecule has 0 fully saturated rings. The van der Waals surface area contributed by atoms with Crippen molar-refractivity contribution in [1.82, 2.24) is 5.32 Å². The van der Waals surface area contributed by atoms with Gasteiger partial charge in [-0.2, -0.15) is 0 Å². The summed E-state index contributed by atoms with van der Waals surface area (Å²) in [7, 11) is -3.34. The number of carbonyl (C=O) groups is 2.